The van der Waals surface area contributed by atoms with Gasteiger partial charge in [-0.3, -0.25) is 4.57 Å². The summed E-state index contributed by atoms with van der Waals surface area (Å²) in [5, 5.41) is 8.41. The predicted molar refractivity (Wildman–Crippen MR) is 109 cm³/mol. The summed E-state index contributed by atoms with van der Waals surface area (Å²) in [6, 6.07) is 23.0. The van der Waals surface area contributed by atoms with E-state index in [-0.39, 0.29) is 0 Å². The number of benzene rings is 3. The molecular weight excluding hydrogens is 343 g/mol. The minimum absolute atomic E-state index is 0.704. The van der Waals surface area contributed by atoms with Crippen molar-refractivity contribution in [3.8, 4) is 5.75 Å². The molecular formula is C22H25O3P. The molecule has 3 rings (SSSR count). The fraction of sp³-hybridized carbons (Fsp3) is 0.182. The lowest BCUT2D eigenvalue weighted by molar-refractivity contribution is 0.399. The molecule has 26 heavy (non-hydrogen) atoms. The fourth-order valence-corrected chi connectivity index (χ4v) is 5.13. The number of aryl methyl sites for hydroxylation is 3. The molecule has 0 amide bonds. The largest absolute Gasteiger partial charge is 0.436 e. The van der Waals surface area contributed by atoms with Crippen molar-refractivity contribution >= 4 is 18.0 Å². The first-order valence-corrected chi connectivity index (χ1v) is 10.1. The quantitative estimate of drug-likeness (QED) is 0.689. The van der Waals surface area contributed by atoms with Crippen LogP contribution in [0.4, 0.5) is 0 Å². The molecule has 0 aliphatic heterocycles. The van der Waals surface area contributed by atoms with E-state index in [0.717, 1.165) is 18.2 Å². The van der Waals surface area contributed by atoms with Gasteiger partial charge in [-0.1, -0.05) is 54.1 Å². The van der Waals surface area contributed by atoms with E-state index in [2.05, 4.69) is 19.1 Å². The van der Waals surface area contributed by atoms with E-state index in [1.807, 2.05) is 74.5 Å². The minimum Gasteiger partial charge on any atom is -0.436 e. The zero-order valence-corrected chi connectivity index (χ0v) is 16.5. The standard InChI is InChI=1S/C21H21O2P.CH4O/c1-16-14-17(2)21(18(3)15-16)23-24(22,19-10-6-4-7-11-19)20-12-8-5-9-13-20;1-2/h4-15H,1-3H3;2H,1H3. The number of hydrogen-bond donors (Lipinski definition) is 1. The van der Waals surface area contributed by atoms with Gasteiger partial charge in [-0.05, 0) is 56.2 Å². The predicted octanol–water partition coefficient (Wildman–Crippen LogP) is 4.53. The Morgan fingerprint density at radius 1 is 0.731 bits per heavy atom. The first kappa shape index (κ1) is 20.0. The summed E-state index contributed by atoms with van der Waals surface area (Å²) < 4.78 is 20.2. The van der Waals surface area contributed by atoms with E-state index in [0.29, 0.717) is 16.4 Å². The van der Waals surface area contributed by atoms with Crippen molar-refractivity contribution in [1.82, 2.24) is 0 Å². The number of hydrogen-bond acceptors (Lipinski definition) is 3. The highest BCUT2D eigenvalue weighted by Crippen LogP contribution is 2.47. The Morgan fingerprint density at radius 2 is 1.12 bits per heavy atom. The molecule has 4 heteroatoms. The summed E-state index contributed by atoms with van der Waals surface area (Å²) in [6.45, 7) is 6.04. The van der Waals surface area contributed by atoms with E-state index < -0.39 is 7.37 Å². The van der Waals surface area contributed by atoms with Crippen LogP contribution < -0.4 is 15.1 Å². The smallest absolute Gasteiger partial charge is 0.306 e. The number of rotatable bonds is 4. The van der Waals surface area contributed by atoms with Gasteiger partial charge in [0.05, 0.1) is 10.6 Å². The van der Waals surface area contributed by atoms with Crippen molar-refractivity contribution in [1.29, 1.82) is 0 Å². The first-order valence-electron chi connectivity index (χ1n) is 8.44. The molecule has 0 saturated carbocycles. The van der Waals surface area contributed by atoms with Gasteiger partial charge in [0.1, 0.15) is 5.75 Å². The van der Waals surface area contributed by atoms with Crippen molar-refractivity contribution in [2.75, 3.05) is 7.11 Å². The van der Waals surface area contributed by atoms with Crippen molar-refractivity contribution in [2.24, 2.45) is 0 Å². The van der Waals surface area contributed by atoms with Gasteiger partial charge >= 0.3 is 7.37 Å². The third kappa shape index (κ3) is 4.24. The molecule has 0 aliphatic carbocycles. The van der Waals surface area contributed by atoms with Gasteiger partial charge < -0.3 is 9.63 Å². The topological polar surface area (TPSA) is 46.5 Å². The molecule has 3 aromatic carbocycles. The van der Waals surface area contributed by atoms with Crippen molar-refractivity contribution in [2.45, 2.75) is 20.8 Å². The summed E-state index contributed by atoms with van der Waals surface area (Å²) in [7, 11) is -2.21. The van der Waals surface area contributed by atoms with Gasteiger partial charge in [0, 0.05) is 7.11 Å². The third-order valence-electron chi connectivity index (χ3n) is 4.02. The van der Waals surface area contributed by atoms with Crippen LogP contribution in [0.5, 0.6) is 5.75 Å². The molecule has 0 aliphatic rings. The summed E-state index contributed by atoms with van der Waals surface area (Å²) in [5.41, 5.74) is 3.17. The summed E-state index contributed by atoms with van der Waals surface area (Å²) >= 11 is 0. The molecule has 0 fully saturated rings. The zero-order chi connectivity index (χ0) is 19.2. The number of aliphatic hydroxyl groups is 1. The highest BCUT2D eigenvalue weighted by atomic mass is 31.2. The molecule has 0 saturated heterocycles. The van der Waals surface area contributed by atoms with E-state index in [1.165, 1.54) is 5.56 Å². The summed E-state index contributed by atoms with van der Waals surface area (Å²) in [6.07, 6.45) is 0. The van der Waals surface area contributed by atoms with Crippen LogP contribution in [0.3, 0.4) is 0 Å². The van der Waals surface area contributed by atoms with Crippen molar-refractivity contribution in [3.05, 3.63) is 89.5 Å². The molecule has 3 nitrogen and oxygen atoms in total. The van der Waals surface area contributed by atoms with Crippen LogP contribution in [0.1, 0.15) is 16.7 Å². The maximum atomic E-state index is 14.0. The van der Waals surface area contributed by atoms with Crippen LogP contribution >= 0.6 is 7.37 Å². The second-order valence-corrected chi connectivity index (χ2v) is 8.36. The molecule has 0 heterocycles. The van der Waals surface area contributed by atoms with E-state index in [4.69, 9.17) is 9.63 Å². The molecule has 0 aromatic heterocycles. The lowest BCUT2D eigenvalue weighted by Gasteiger charge is -2.23. The first-order chi connectivity index (χ1) is 12.5. The van der Waals surface area contributed by atoms with E-state index >= 15 is 0 Å². The van der Waals surface area contributed by atoms with Gasteiger partial charge in [-0.25, -0.2) is 0 Å². The molecule has 3 aromatic rings. The fourth-order valence-electron chi connectivity index (χ4n) is 2.94. The van der Waals surface area contributed by atoms with Crippen LogP contribution in [-0.4, -0.2) is 12.2 Å². The summed E-state index contributed by atoms with van der Waals surface area (Å²) in [5.74, 6) is 0.705. The van der Waals surface area contributed by atoms with E-state index in [9.17, 15) is 4.57 Å². The SMILES string of the molecule is CO.Cc1cc(C)c(OP(=O)(c2ccccc2)c2ccccc2)c(C)c1. The van der Waals surface area contributed by atoms with Crippen LogP contribution in [0.25, 0.3) is 0 Å². The molecule has 0 radical (unpaired) electrons. The Labute approximate surface area is 155 Å². The third-order valence-corrected chi connectivity index (χ3v) is 6.41. The Morgan fingerprint density at radius 3 is 1.50 bits per heavy atom. The molecule has 0 unspecified atom stereocenters. The molecule has 0 spiro atoms. The molecule has 0 atom stereocenters. The minimum atomic E-state index is -3.21. The van der Waals surface area contributed by atoms with E-state index in [1.54, 1.807) is 0 Å². The second kappa shape index (κ2) is 8.84. The normalized spacial score (nSPS) is 10.7. The van der Waals surface area contributed by atoms with Gasteiger partial charge in [-0.15, -0.1) is 0 Å². The Bertz CT molecular complexity index is 823. The Balaban J connectivity index is 0.00000117. The highest BCUT2D eigenvalue weighted by molar-refractivity contribution is 7.74. The van der Waals surface area contributed by atoms with Crippen LogP contribution in [-0.2, 0) is 4.57 Å². The average molecular weight is 368 g/mol. The Kier molecular flexibility index (Phi) is 6.79. The molecule has 1 N–H and O–H groups in total. The van der Waals surface area contributed by atoms with Gasteiger partial charge in [0.25, 0.3) is 0 Å². The highest BCUT2D eigenvalue weighted by Gasteiger charge is 2.31. The average Bonchev–Trinajstić information content (AvgIpc) is 2.67. The van der Waals surface area contributed by atoms with Gasteiger partial charge in [0.15, 0.2) is 0 Å². The number of aliphatic hydroxyl groups excluding tert-OH is 1. The molecule has 136 valence electrons. The maximum absolute atomic E-state index is 14.0. The second-order valence-electron chi connectivity index (χ2n) is 6.04. The molecule has 0 bridgehead atoms. The Hall–Kier alpha value is -2.35. The van der Waals surface area contributed by atoms with Crippen LogP contribution in [0.2, 0.25) is 0 Å². The van der Waals surface area contributed by atoms with Gasteiger partial charge in [-0.2, -0.15) is 0 Å². The van der Waals surface area contributed by atoms with Gasteiger partial charge in [0.2, 0.25) is 0 Å². The lowest BCUT2D eigenvalue weighted by atomic mass is 10.1. The maximum Gasteiger partial charge on any atom is 0.306 e. The lowest BCUT2D eigenvalue weighted by Crippen LogP contribution is -2.20. The zero-order valence-electron chi connectivity index (χ0n) is 15.6. The van der Waals surface area contributed by atoms with Crippen molar-refractivity contribution in [3.63, 3.8) is 0 Å². The van der Waals surface area contributed by atoms with Crippen LogP contribution in [0, 0.1) is 20.8 Å². The van der Waals surface area contributed by atoms with Crippen LogP contribution in [0.15, 0.2) is 72.8 Å². The summed E-state index contributed by atoms with van der Waals surface area (Å²) in [4.78, 5) is 0. The van der Waals surface area contributed by atoms with Crippen molar-refractivity contribution < 1.29 is 14.2 Å². The monoisotopic (exact) mass is 368 g/mol.